The van der Waals surface area contributed by atoms with Crippen LogP contribution in [-0.2, 0) is 14.9 Å². The van der Waals surface area contributed by atoms with Gasteiger partial charge in [-0.25, -0.2) is 9.79 Å². The van der Waals surface area contributed by atoms with E-state index < -0.39 is 0 Å². The van der Waals surface area contributed by atoms with E-state index in [9.17, 15) is 9.59 Å². The molecule has 1 saturated heterocycles. The molecule has 0 aliphatic carbocycles. The molecule has 9 heteroatoms. The summed E-state index contributed by atoms with van der Waals surface area (Å²) >= 11 is 0. The largest absolute Gasteiger partial charge is 0.450 e. The third-order valence-corrected chi connectivity index (χ3v) is 5.49. The predicted molar refractivity (Wildman–Crippen MR) is 139 cm³/mol. The van der Waals surface area contributed by atoms with Gasteiger partial charge in [-0.05, 0) is 25.3 Å². The van der Waals surface area contributed by atoms with Crippen LogP contribution >= 0.6 is 24.0 Å². The minimum Gasteiger partial charge on any atom is -0.450 e. The van der Waals surface area contributed by atoms with Crippen LogP contribution in [0.3, 0.4) is 0 Å². The van der Waals surface area contributed by atoms with Crippen LogP contribution in [0.1, 0.15) is 39.2 Å². The molecule has 0 atom stereocenters. The van der Waals surface area contributed by atoms with Crippen molar-refractivity contribution in [2.24, 2.45) is 4.99 Å². The maximum atomic E-state index is 12.0. The van der Waals surface area contributed by atoms with Crippen LogP contribution in [0.5, 0.6) is 0 Å². The Labute approximate surface area is 209 Å². The Morgan fingerprint density at radius 2 is 1.81 bits per heavy atom. The van der Waals surface area contributed by atoms with E-state index in [4.69, 9.17) is 4.74 Å². The van der Waals surface area contributed by atoms with E-state index in [0.717, 1.165) is 12.8 Å². The van der Waals surface area contributed by atoms with Crippen LogP contribution in [-0.4, -0.2) is 80.7 Å². The average molecular weight is 559 g/mol. The standard InChI is InChI=1S/C23H37N5O3.HI/c1-6-31-22(30)28-14-12-19(13-15-28)26-21(24-16-20(29)27(4)5)25-17-23(2,3)18-10-8-7-9-11-18;/h7-11,19H,6,12-17H2,1-5H3,(H2,24,25,26);1H. The summed E-state index contributed by atoms with van der Waals surface area (Å²) < 4.78 is 5.09. The number of likely N-dealkylation sites (N-methyl/N-ethyl adjacent to an activating group) is 1. The van der Waals surface area contributed by atoms with Gasteiger partial charge in [0.15, 0.2) is 5.96 Å². The summed E-state index contributed by atoms with van der Waals surface area (Å²) in [5, 5.41) is 6.87. The normalized spacial score (nSPS) is 14.9. The van der Waals surface area contributed by atoms with Crippen LogP contribution in [0.25, 0.3) is 0 Å². The fraction of sp³-hybridized carbons (Fsp3) is 0.609. The Morgan fingerprint density at radius 3 is 2.38 bits per heavy atom. The fourth-order valence-electron chi connectivity index (χ4n) is 3.35. The molecule has 2 rings (SSSR count). The number of nitrogens with zero attached hydrogens (tertiary/aromatic N) is 3. The number of benzene rings is 1. The number of ether oxygens (including phenoxy) is 1. The maximum Gasteiger partial charge on any atom is 0.409 e. The predicted octanol–water partition coefficient (Wildman–Crippen LogP) is 2.83. The minimum atomic E-state index is -0.255. The van der Waals surface area contributed by atoms with Gasteiger partial charge in [-0.15, -0.1) is 24.0 Å². The van der Waals surface area contributed by atoms with Crippen LogP contribution < -0.4 is 10.6 Å². The quantitative estimate of drug-likeness (QED) is 0.305. The maximum absolute atomic E-state index is 12.0. The zero-order valence-corrected chi connectivity index (χ0v) is 22.2. The number of aliphatic imine (C=N–C) groups is 1. The summed E-state index contributed by atoms with van der Waals surface area (Å²) in [6, 6.07) is 10.5. The number of nitrogens with one attached hydrogen (secondary N) is 2. The van der Waals surface area contributed by atoms with Crippen LogP contribution in [0.15, 0.2) is 35.3 Å². The Morgan fingerprint density at radius 1 is 1.19 bits per heavy atom. The third-order valence-electron chi connectivity index (χ3n) is 5.49. The molecule has 1 fully saturated rings. The highest BCUT2D eigenvalue weighted by atomic mass is 127. The highest BCUT2D eigenvalue weighted by Crippen LogP contribution is 2.21. The van der Waals surface area contributed by atoms with E-state index in [-0.39, 0.29) is 54.0 Å². The Bertz CT molecular complexity index is 747. The number of piperidine rings is 1. The molecule has 0 aromatic heterocycles. The first-order valence-corrected chi connectivity index (χ1v) is 10.9. The molecule has 1 aliphatic rings. The molecule has 0 spiro atoms. The van der Waals surface area contributed by atoms with Crippen molar-refractivity contribution >= 4 is 41.9 Å². The second-order valence-electron chi connectivity index (χ2n) is 8.66. The summed E-state index contributed by atoms with van der Waals surface area (Å²) in [5.74, 6) is 0.564. The summed E-state index contributed by atoms with van der Waals surface area (Å²) in [5.41, 5.74) is 1.12. The average Bonchev–Trinajstić information content (AvgIpc) is 2.76. The number of amides is 2. The fourth-order valence-corrected chi connectivity index (χ4v) is 3.35. The number of rotatable bonds is 7. The van der Waals surface area contributed by atoms with Crippen LogP contribution in [0.4, 0.5) is 4.79 Å². The molecule has 32 heavy (non-hydrogen) atoms. The minimum absolute atomic E-state index is 0. The van der Waals surface area contributed by atoms with Gasteiger partial charge in [0, 0.05) is 45.2 Å². The van der Waals surface area contributed by atoms with Crippen molar-refractivity contribution in [2.45, 2.75) is 45.1 Å². The van der Waals surface area contributed by atoms with E-state index in [2.05, 4.69) is 41.6 Å². The number of hydrogen-bond donors (Lipinski definition) is 2. The summed E-state index contributed by atoms with van der Waals surface area (Å²) in [6.45, 7) is 8.56. The van der Waals surface area contributed by atoms with Crippen molar-refractivity contribution in [3.63, 3.8) is 0 Å². The Kier molecular flexibility index (Phi) is 11.8. The summed E-state index contributed by atoms with van der Waals surface area (Å²) in [7, 11) is 3.45. The first-order valence-electron chi connectivity index (χ1n) is 10.9. The number of carbonyl (C=O) groups excluding carboxylic acids is 2. The van der Waals surface area contributed by atoms with Crippen LogP contribution in [0, 0.1) is 0 Å². The summed E-state index contributed by atoms with van der Waals surface area (Å²) in [4.78, 5) is 31.8. The van der Waals surface area contributed by atoms with Gasteiger partial charge in [-0.3, -0.25) is 4.79 Å². The monoisotopic (exact) mass is 559 g/mol. The van der Waals surface area contributed by atoms with E-state index in [0.29, 0.717) is 32.2 Å². The zero-order valence-electron chi connectivity index (χ0n) is 19.9. The molecule has 2 N–H and O–H groups in total. The van der Waals surface area contributed by atoms with Gasteiger partial charge in [0.25, 0.3) is 0 Å². The zero-order chi connectivity index (χ0) is 22.9. The lowest BCUT2D eigenvalue weighted by molar-refractivity contribution is -0.127. The molecule has 0 saturated carbocycles. The first kappa shape index (κ1) is 28.0. The third kappa shape index (κ3) is 8.84. The SMILES string of the molecule is CCOC(=O)N1CCC(NC(=NCC(=O)N(C)C)NCC(C)(C)c2ccccc2)CC1.I. The van der Waals surface area contributed by atoms with Gasteiger partial charge in [0.05, 0.1) is 6.61 Å². The number of guanidine groups is 1. The molecule has 8 nitrogen and oxygen atoms in total. The number of halogens is 1. The van der Waals surface area contributed by atoms with E-state index in [1.165, 1.54) is 10.5 Å². The molecule has 2 amide bonds. The molecule has 0 unspecified atom stereocenters. The molecular formula is C23H38IN5O3. The van der Waals surface area contributed by atoms with Gasteiger partial charge < -0.3 is 25.2 Å². The van der Waals surface area contributed by atoms with Crippen molar-refractivity contribution in [3.8, 4) is 0 Å². The molecule has 1 aromatic carbocycles. The summed E-state index contributed by atoms with van der Waals surface area (Å²) in [6.07, 6.45) is 1.33. The lowest BCUT2D eigenvalue weighted by atomic mass is 9.85. The first-order chi connectivity index (χ1) is 14.7. The van der Waals surface area contributed by atoms with E-state index >= 15 is 0 Å². The van der Waals surface area contributed by atoms with Gasteiger partial charge in [-0.2, -0.15) is 0 Å². The second-order valence-corrected chi connectivity index (χ2v) is 8.66. The lowest BCUT2D eigenvalue weighted by Crippen LogP contribution is -2.51. The second kappa shape index (κ2) is 13.5. The van der Waals surface area contributed by atoms with Crippen molar-refractivity contribution in [1.82, 2.24) is 20.4 Å². The number of carbonyl (C=O) groups is 2. The molecule has 0 bridgehead atoms. The van der Waals surface area contributed by atoms with Crippen molar-refractivity contribution in [2.75, 3.05) is 46.9 Å². The number of hydrogen-bond acceptors (Lipinski definition) is 4. The molecule has 1 aliphatic heterocycles. The highest BCUT2D eigenvalue weighted by molar-refractivity contribution is 14.0. The van der Waals surface area contributed by atoms with Crippen molar-refractivity contribution < 1.29 is 14.3 Å². The van der Waals surface area contributed by atoms with Crippen molar-refractivity contribution in [3.05, 3.63) is 35.9 Å². The van der Waals surface area contributed by atoms with E-state index in [1.54, 1.807) is 19.0 Å². The Balaban J connectivity index is 0.00000512. The highest BCUT2D eigenvalue weighted by Gasteiger charge is 2.25. The lowest BCUT2D eigenvalue weighted by Gasteiger charge is -2.33. The van der Waals surface area contributed by atoms with Gasteiger partial charge >= 0.3 is 6.09 Å². The smallest absolute Gasteiger partial charge is 0.409 e. The Hall–Kier alpha value is -2.04. The van der Waals surface area contributed by atoms with Crippen molar-refractivity contribution in [1.29, 1.82) is 0 Å². The molecule has 0 radical (unpaired) electrons. The molecular weight excluding hydrogens is 521 g/mol. The topological polar surface area (TPSA) is 86.3 Å². The van der Waals surface area contributed by atoms with Gasteiger partial charge in [0.1, 0.15) is 6.54 Å². The van der Waals surface area contributed by atoms with E-state index in [1.807, 2.05) is 25.1 Å². The van der Waals surface area contributed by atoms with Gasteiger partial charge in [0.2, 0.25) is 5.91 Å². The number of likely N-dealkylation sites (tertiary alicyclic amines) is 1. The van der Waals surface area contributed by atoms with Crippen LogP contribution in [0.2, 0.25) is 0 Å². The molecule has 180 valence electrons. The van der Waals surface area contributed by atoms with Gasteiger partial charge in [-0.1, -0.05) is 44.2 Å². The molecule has 1 aromatic rings. The molecule has 1 heterocycles.